The summed E-state index contributed by atoms with van der Waals surface area (Å²) in [4.78, 5) is 13.6. The Hall–Kier alpha value is -1.04. The van der Waals surface area contributed by atoms with Crippen molar-refractivity contribution < 1.29 is 9.18 Å². The number of thioether (sulfide) groups is 1. The lowest BCUT2D eigenvalue weighted by atomic mass is 10.0. The number of amides is 1. The van der Waals surface area contributed by atoms with Gasteiger partial charge < -0.3 is 5.32 Å². The van der Waals surface area contributed by atoms with Gasteiger partial charge in [-0.15, -0.1) is 11.8 Å². The van der Waals surface area contributed by atoms with Crippen molar-refractivity contribution in [3.63, 3.8) is 0 Å². The number of nitrogens with one attached hydrogen (secondary N) is 1. The van der Waals surface area contributed by atoms with E-state index in [0.717, 1.165) is 22.6 Å². The van der Waals surface area contributed by atoms with Crippen LogP contribution in [-0.4, -0.2) is 11.7 Å². The zero-order valence-corrected chi connectivity index (χ0v) is 14.6. The van der Waals surface area contributed by atoms with E-state index in [9.17, 15) is 9.18 Å². The second-order valence-electron chi connectivity index (χ2n) is 4.97. The largest absolute Gasteiger partial charge is 0.345 e. The third-order valence-electron chi connectivity index (χ3n) is 3.49. The minimum Gasteiger partial charge on any atom is -0.345 e. The molecule has 1 aliphatic rings. The molecule has 1 N–H and O–H groups in total. The summed E-state index contributed by atoms with van der Waals surface area (Å²) < 4.78 is 13.6. The molecule has 0 saturated carbocycles. The van der Waals surface area contributed by atoms with Crippen molar-refractivity contribution in [3.05, 3.63) is 62.8 Å². The number of benzene rings is 2. The number of carbonyl (C=O) groups is 1. The van der Waals surface area contributed by atoms with Gasteiger partial charge in [-0.05, 0) is 64.3 Å². The number of rotatable bonds is 2. The van der Waals surface area contributed by atoms with Crippen LogP contribution < -0.4 is 5.32 Å². The van der Waals surface area contributed by atoms with Crippen LogP contribution in [0.1, 0.15) is 28.4 Å². The second kappa shape index (κ2) is 6.60. The molecule has 1 atom stereocenters. The van der Waals surface area contributed by atoms with Crippen LogP contribution in [0.25, 0.3) is 0 Å². The van der Waals surface area contributed by atoms with Gasteiger partial charge in [-0.3, -0.25) is 4.79 Å². The van der Waals surface area contributed by atoms with E-state index < -0.39 is 0 Å². The van der Waals surface area contributed by atoms with E-state index in [1.54, 1.807) is 11.8 Å². The fourth-order valence-electron chi connectivity index (χ4n) is 2.42. The van der Waals surface area contributed by atoms with Gasteiger partial charge in [-0.25, -0.2) is 4.39 Å². The SMILES string of the molecule is O=C(NC1CCSc2ccc(Cl)cc21)c1ccc(F)cc1Br. The number of halogens is 3. The van der Waals surface area contributed by atoms with E-state index in [1.165, 1.54) is 18.2 Å². The minimum absolute atomic E-state index is 0.0839. The highest BCUT2D eigenvalue weighted by molar-refractivity contribution is 9.10. The first kappa shape index (κ1) is 15.8. The van der Waals surface area contributed by atoms with Crippen molar-refractivity contribution in [1.29, 1.82) is 0 Å². The van der Waals surface area contributed by atoms with E-state index in [-0.39, 0.29) is 17.8 Å². The van der Waals surface area contributed by atoms with Gasteiger partial charge in [0.2, 0.25) is 0 Å². The van der Waals surface area contributed by atoms with Crippen LogP contribution in [0.3, 0.4) is 0 Å². The van der Waals surface area contributed by atoms with Crippen LogP contribution in [0.5, 0.6) is 0 Å². The predicted octanol–water partition coefficient (Wildman–Crippen LogP) is 5.21. The fraction of sp³-hybridized carbons (Fsp3) is 0.188. The molecule has 1 heterocycles. The van der Waals surface area contributed by atoms with E-state index in [1.807, 2.05) is 18.2 Å². The van der Waals surface area contributed by atoms with Gasteiger partial charge in [-0.2, -0.15) is 0 Å². The molecule has 1 unspecified atom stereocenters. The molecule has 2 aromatic carbocycles. The van der Waals surface area contributed by atoms with Gasteiger partial charge in [0.15, 0.2) is 0 Å². The highest BCUT2D eigenvalue weighted by Crippen LogP contribution is 2.37. The van der Waals surface area contributed by atoms with Crippen molar-refractivity contribution in [2.75, 3.05) is 5.75 Å². The molecule has 0 aromatic heterocycles. The Morgan fingerprint density at radius 2 is 2.14 bits per heavy atom. The lowest BCUT2D eigenvalue weighted by Gasteiger charge is -2.26. The van der Waals surface area contributed by atoms with Crippen LogP contribution in [0.4, 0.5) is 4.39 Å². The topological polar surface area (TPSA) is 29.1 Å². The summed E-state index contributed by atoms with van der Waals surface area (Å²) >= 11 is 11.1. The Labute approximate surface area is 145 Å². The lowest BCUT2D eigenvalue weighted by molar-refractivity contribution is 0.0934. The van der Waals surface area contributed by atoms with Crippen molar-refractivity contribution >= 4 is 45.2 Å². The summed E-state index contributed by atoms with van der Waals surface area (Å²) in [5, 5.41) is 3.67. The standard InChI is InChI=1S/C16H12BrClFNOS/c17-13-8-10(19)2-3-11(13)16(21)20-14-5-6-22-15-4-1-9(18)7-12(14)15/h1-4,7-8,14H,5-6H2,(H,20,21). The Morgan fingerprint density at radius 3 is 2.91 bits per heavy atom. The fourth-order valence-corrected chi connectivity index (χ4v) is 4.24. The molecule has 0 saturated heterocycles. The van der Waals surface area contributed by atoms with Gasteiger partial charge in [-0.1, -0.05) is 11.6 Å². The Morgan fingerprint density at radius 1 is 1.32 bits per heavy atom. The summed E-state index contributed by atoms with van der Waals surface area (Å²) in [7, 11) is 0. The molecule has 0 radical (unpaired) electrons. The average Bonchev–Trinajstić information content (AvgIpc) is 2.47. The van der Waals surface area contributed by atoms with Crippen LogP contribution >= 0.6 is 39.3 Å². The van der Waals surface area contributed by atoms with Crippen molar-refractivity contribution in [2.45, 2.75) is 17.4 Å². The smallest absolute Gasteiger partial charge is 0.252 e. The van der Waals surface area contributed by atoms with Gasteiger partial charge in [0.25, 0.3) is 5.91 Å². The third-order valence-corrected chi connectivity index (χ3v) is 5.51. The molecule has 3 rings (SSSR count). The predicted molar refractivity (Wildman–Crippen MR) is 91.1 cm³/mol. The maximum Gasteiger partial charge on any atom is 0.252 e. The lowest BCUT2D eigenvalue weighted by Crippen LogP contribution is -2.30. The summed E-state index contributed by atoms with van der Waals surface area (Å²) in [5.41, 5.74) is 1.46. The quantitative estimate of drug-likeness (QED) is 0.750. The van der Waals surface area contributed by atoms with E-state index >= 15 is 0 Å². The second-order valence-corrected chi connectivity index (χ2v) is 7.40. The van der Waals surface area contributed by atoms with Crippen LogP contribution in [0.15, 0.2) is 45.8 Å². The number of carbonyl (C=O) groups excluding carboxylic acids is 1. The molecule has 22 heavy (non-hydrogen) atoms. The zero-order valence-electron chi connectivity index (χ0n) is 11.4. The van der Waals surface area contributed by atoms with Crippen LogP contribution in [0, 0.1) is 5.82 Å². The normalized spacial score (nSPS) is 17.0. The highest BCUT2D eigenvalue weighted by Gasteiger charge is 2.23. The maximum atomic E-state index is 13.1. The maximum absolute atomic E-state index is 13.1. The first-order valence-corrected chi connectivity index (χ1v) is 8.88. The summed E-state index contributed by atoms with van der Waals surface area (Å²) in [5.74, 6) is 0.328. The molecular formula is C16H12BrClFNOS. The number of hydrogen-bond acceptors (Lipinski definition) is 2. The molecule has 1 aliphatic heterocycles. The molecule has 2 aromatic rings. The van der Waals surface area contributed by atoms with E-state index in [2.05, 4.69) is 21.2 Å². The molecule has 0 aliphatic carbocycles. The van der Waals surface area contributed by atoms with E-state index in [0.29, 0.717) is 15.1 Å². The van der Waals surface area contributed by atoms with Gasteiger partial charge in [0.1, 0.15) is 5.82 Å². The third kappa shape index (κ3) is 3.31. The highest BCUT2D eigenvalue weighted by atomic mass is 79.9. The Kier molecular flexibility index (Phi) is 4.76. The first-order chi connectivity index (χ1) is 10.5. The molecule has 0 spiro atoms. The molecule has 1 amide bonds. The molecular weight excluding hydrogens is 389 g/mol. The zero-order chi connectivity index (χ0) is 15.7. The molecule has 0 bridgehead atoms. The average molecular weight is 401 g/mol. The molecule has 0 fully saturated rings. The van der Waals surface area contributed by atoms with Crippen molar-refractivity contribution in [2.24, 2.45) is 0 Å². The van der Waals surface area contributed by atoms with Gasteiger partial charge in [0.05, 0.1) is 11.6 Å². The van der Waals surface area contributed by atoms with Crippen LogP contribution in [0.2, 0.25) is 5.02 Å². The number of hydrogen-bond donors (Lipinski definition) is 1. The summed E-state index contributed by atoms with van der Waals surface area (Å²) in [6.45, 7) is 0. The van der Waals surface area contributed by atoms with Gasteiger partial charge in [0, 0.05) is 20.1 Å². The van der Waals surface area contributed by atoms with E-state index in [4.69, 9.17) is 11.6 Å². The summed E-state index contributed by atoms with van der Waals surface area (Å²) in [6, 6.07) is 9.69. The van der Waals surface area contributed by atoms with Crippen LogP contribution in [-0.2, 0) is 0 Å². The Bertz CT molecular complexity index is 740. The molecule has 6 heteroatoms. The summed E-state index contributed by atoms with van der Waals surface area (Å²) in [6.07, 6.45) is 0.836. The van der Waals surface area contributed by atoms with Crippen molar-refractivity contribution in [1.82, 2.24) is 5.32 Å². The number of fused-ring (bicyclic) bond motifs is 1. The first-order valence-electron chi connectivity index (χ1n) is 6.73. The molecule has 114 valence electrons. The Balaban J connectivity index is 1.85. The monoisotopic (exact) mass is 399 g/mol. The molecule has 2 nitrogen and oxygen atoms in total. The van der Waals surface area contributed by atoms with Crippen molar-refractivity contribution in [3.8, 4) is 0 Å². The van der Waals surface area contributed by atoms with Gasteiger partial charge >= 0.3 is 0 Å². The minimum atomic E-state index is -0.380.